The number of nitrogens with one attached hydrogen (secondary N) is 1. The van der Waals surface area contributed by atoms with Crippen LogP contribution in [0.2, 0.25) is 0 Å². The number of esters is 1. The molecule has 1 aromatic rings. The number of aryl methyl sites for hydroxylation is 1. The quantitative estimate of drug-likeness (QED) is 0.542. The average Bonchev–Trinajstić information content (AvgIpc) is 2.45. The Morgan fingerprint density at radius 3 is 2.71 bits per heavy atom. The maximum Gasteiger partial charge on any atom is 0.322 e. The van der Waals surface area contributed by atoms with Crippen LogP contribution in [0, 0.1) is 5.41 Å². The van der Waals surface area contributed by atoms with Gasteiger partial charge < -0.3 is 15.9 Å². The Balaban J connectivity index is 2.52. The topological polar surface area (TPSA) is 76.2 Å². The highest BCUT2D eigenvalue weighted by molar-refractivity contribution is 5.83. The number of benzene rings is 1. The van der Waals surface area contributed by atoms with Crippen molar-refractivity contribution < 1.29 is 9.53 Å². The number of carbonyl (C=O) groups excluding carboxylic acids is 1. The number of nitrogens with two attached hydrogens (primary N) is 1. The molecule has 21 heavy (non-hydrogen) atoms. The predicted molar refractivity (Wildman–Crippen MR) is 85.7 cm³/mol. The number of hydrogen-bond donors (Lipinski definition) is 2. The molecule has 0 aliphatic carbocycles. The van der Waals surface area contributed by atoms with Crippen molar-refractivity contribution in [3.8, 4) is 0 Å². The van der Waals surface area contributed by atoms with Crippen LogP contribution < -0.4 is 5.73 Å². The van der Waals surface area contributed by atoms with E-state index in [0.29, 0.717) is 19.4 Å². The van der Waals surface area contributed by atoms with Crippen LogP contribution in [-0.4, -0.2) is 24.3 Å². The molecule has 4 nitrogen and oxygen atoms in total. The van der Waals surface area contributed by atoms with Crippen molar-refractivity contribution in [1.29, 1.82) is 5.41 Å². The van der Waals surface area contributed by atoms with Gasteiger partial charge in [0, 0.05) is 12.1 Å². The smallest absolute Gasteiger partial charge is 0.322 e. The molecule has 0 saturated carbocycles. The largest absolute Gasteiger partial charge is 0.465 e. The van der Waals surface area contributed by atoms with Gasteiger partial charge in [0.05, 0.1) is 6.61 Å². The zero-order chi connectivity index (χ0) is 15.7. The molecule has 1 atom stereocenters. The highest BCUT2D eigenvalue weighted by atomic mass is 16.5. The van der Waals surface area contributed by atoms with Crippen LogP contribution in [0.25, 0.3) is 0 Å². The van der Waals surface area contributed by atoms with Crippen molar-refractivity contribution in [3.63, 3.8) is 0 Å². The summed E-state index contributed by atoms with van der Waals surface area (Å²) in [6, 6.07) is 7.61. The van der Waals surface area contributed by atoms with E-state index in [4.69, 9.17) is 15.9 Å². The summed E-state index contributed by atoms with van der Waals surface area (Å²) in [5.41, 5.74) is 8.86. The van der Waals surface area contributed by atoms with E-state index in [-0.39, 0.29) is 5.97 Å². The van der Waals surface area contributed by atoms with Gasteiger partial charge in [0.15, 0.2) is 0 Å². The van der Waals surface area contributed by atoms with Crippen LogP contribution in [-0.2, 0) is 22.4 Å². The number of rotatable bonds is 9. The number of ether oxygens (including phenoxy) is 1. The zero-order valence-corrected chi connectivity index (χ0v) is 13.0. The summed E-state index contributed by atoms with van der Waals surface area (Å²) >= 11 is 0. The summed E-state index contributed by atoms with van der Waals surface area (Å²) in [6.45, 7) is 4.22. The van der Waals surface area contributed by atoms with E-state index in [1.165, 1.54) is 0 Å². The van der Waals surface area contributed by atoms with Crippen molar-refractivity contribution in [1.82, 2.24) is 0 Å². The van der Waals surface area contributed by atoms with E-state index >= 15 is 0 Å². The molecule has 0 radical (unpaired) electrons. The normalized spacial score (nSPS) is 12.0. The molecule has 0 aromatic heterocycles. The zero-order valence-electron chi connectivity index (χ0n) is 13.0. The summed E-state index contributed by atoms with van der Waals surface area (Å²) in [7, 11) is 0. The van der Waals surface area contributed by atoms with Crippen LogP contribution in [0.3, 0.4) is 0 Å². The third-order valence-corrected chi connectivity index (χ3v) is 3.29. The van der Waals surface area contributed by atoms with Crippen LogP contribution in [0.4, 0.5) is 0 Å². The highest BCUT2D eigenvalue weighted by Crippen LogP contribution is 2.11. The van der Waals surface area contributed by atoms with Gasteiger partial charge in [-0.05, 0) is 37.3 Å². The van der Waals surface area contributed by atoms with Crippen molar-refractivity contribution in [2.24, 2.45) is 5.73 Å². The molecule has 0 heterocycles. The van der Waals surface area contributed by atoms with Gasteiger partial charge in [0.2, 0.25) is 0 Å². The molecule has 3 N–H and O–H groups in total. The third-order valence-electron chi connectivity index (χ3n) is 3.29. The Morgan fingerprint density at radius 2 is 2.05 bits per heavy atom. The lowest BCUT2D eigenvalue weighted by Gasteiger charge is -2.11. The molecular weight excluding hydrogens is 264 g/mol. The van der Waals surface area contributed by atoms with Gasteiger partial charge in [0.1, 0.15) is 6.04 Å². The number of carbonyl (C=O) groups is 1. The Hall–Kier alpha value is -1.68. The molecule has 0 saturated heterocycles. The minimum atomic E-state index is -0.563. The lowest BCUT2D eigenvalue weighted by atomic mass is 10.00. The van der Waals surface area contributed by atoms with Crippen molar-refractivity contribution in [3.05, 3.63) is 35.4 Å². The SMILES string of the molecule is CCCC(=N)Cc1cccc(CC[C@H](N)C(=O)OCC)c1. The Morgan fingerprint density at radius 1 is 1.33 bits per heavy atom. The van der Waals surface area contributed by atoms with Gasteiger partial charge in [-0.2, -0.15) is 0 Å². The molecule has 0 bridgehead atoms. The standard InChI is InChI=1S/C17H26N2O2/c1-3-6-15(18)12-14-8-5-7-13(11-14)9-10-16(19)17(20)21-4-2/h5,7-8,11,16,18H,3-4,6,9-10,12,19H2,1-2H3/t16-/m0/s1. The summed E-state index contributed by atoms with van der Waals surface area (Å²) in [6.07, 6.45) is 3.88. The Labute approximate surface area is 127 Å². The summed E-state index contributed by atoms with van der Waals surface area (Å²) in [5, 5.41) is 7.89. The second-order valence-electron chi connectivity index (χ2n) is 5.25. The molecule has 0 aliphatic heterocycles. The molecule has 0 fully saturated rings. The maximum absolute atomic E-state index is 11.5. The lowest BCUT2D eigenvalue weighted by molar-refractivity contribution is -0.144. The molecule has 0 spiro atoms. The minimum Gasteiger partial charge on any atom is -0.465 e. The minimum absolute atomic E-state index is 0.335. The van der Waals surface area contributed by atoms with Gasteiger partial charge in [-0.3, -0.25) is 4.79 Å². The average molecular weight is 290 g/mol. The first-order valence-corrected chi connectivity index (χ1v) is 7.63. The van der Waals surface area contributed by atoms with E-state index in [0.717, 1.165) is 36.1 Å². The molecule has 0 aliphatic rings. The summed E-state index contributed by atoms with van der Waals surface area (Å²) < 4.78 is 4.90. The van der Waals surface area contributed by atoms with E-state index in [1.54, 1.807) is 6.92 Å². The van der Waals surface area contributed by atoms with Crippen LogP contribution in [0.15, 0.2) is 24.3 Å². The van der Waals surface area contributed by atoms with Gasteiger partial charge >= 0.3 is 5.97 Å². The summed E-state index contributed by atoms with van der Waals surface area (Å²) in [5.74, 6) is -0.335. The highest BCUT2D eigenvalue weighted by Gasteiger charge is 2.14. The van der Waals surface area contributed by atoms with Crippen molar-refractivity contribution in [2.45, 2.75) is 52.0 Å². The lowest BCUT2D eigenvalue weighted by Crippen LogP contribution is -2.32. The fourth-order valence-corrected chi connectivity index (χ4v) is 2.22. The van der Waals surface area contributed by atoms with E-state index in [9.17, 15) is 4.79 Å². The van der Waals surface area contributed by atoms with Crippen molar-refractivity contribution >= 4 is 11.7 Å². The fourth-order valence-electron chi connectivity index (χ4n) is 2.22. The summed E-state index contributed by atoms with van der Waals surface area (Å²) in [4.78, 5) is 11.5. The molecule has 0 unspecified atom stereocenters. The molecular formula is C17H26N2O2. The number of hydrogen-bond acceptors (Lipinski definition) is 4. The van der Waals surface area contributed by atoms with E-state index < -0.39 is 6.04 Å². The third kappa shape index (κ3) is 6.54. The Bertz CT molecular complexity index is 472. The van der Waals surface area contributed by atoms with E-state index in [1.807, 2.05) is 18.2 Å². The van der Waals surface area contributed by atoms with Crippen LogP contribution >= 0.6 is 0 Å². The first-order valence-electron chi connectivity index (χ1n) is 7.63. The molecule has 0 amide bonds. The first-order chi connectivity index (χ1) is 10.1. The van der Waals surface area contributed by atoms with Crippen molar-refractivity contribution in [2.75, 3.05) is 6.61 Å². The van der Waals surface area contributed by atoms with Gasteiger partial charge in [0.25, 0.3) is 0 Å². The fraction of sp³-hybridized carbons (Fsp3) is 0.529. The monoisotopic (exact) mass is 290 g/mol. The van der Waals surface area contributed by atoms with Gasteiger partial charge in [-0.15, -0.1) is 0 Å². The van der Waals surface area contributed by atoms with E-state index in [2.05, 4.69) is 13.0 Å². The molecule has 4 heteroatoms. The second kappa shape index (κ2) is 9.29. The molecule has 1 rings (SSSR count). The van der Waals surface area contributed by atoms with Crippen LogP contribution in [0.1, 0.15) is 44.2 Å². The second-order valence-corrected chi connectivity index (χ2v) is 5.25. The predicted octanol–water partition coefficient (Wildman–Crippen LogP) is 2.87. The van der Waals surface area contributed by atoms with Crippen LogP contribution in [0.5, 0.6) is 0 Å². The molecule has 1 aromatic carbocycles. The Kier molecular flexibility index (Phi) is 7.69. The molecule has 116 valence electrons. The van der Waals surface area contributed by atoms with Gasteiger partial charge in [-0.25, -0.2) is 0 Å². The first kappa shape index (κ1) is 17.4. The maximum atomic E-state index is 11.5. The van der Waals surface area contributed by atoms with Gasteiger partial charge in [-0.1, -0.05) is 37.6 Å².